The van der Waals surface area contributed by atoms with Gasteiger partial charge in [0.2, 0.25) is 5.91 Å². The maximum atomic E-state index is 14.0. The predicted octanol–water partition coefficient (Wildman–Crippen LogP) is 6.08. The van der Waals surface area contributed by atoms with Gasteiger partial charge in [-0.3, -0.25) is 9.59 Å². The summed E-state index contributed by atoms with van der Waals surface area (Å²) in [4.78, 5) is 28.1. The molecule has 0 unspecified atom stereocenters. The molecule has 8 heteroatoms. The molecule has 0 fully saturated rings. The van der Waals surface area contributed by atoms with Crippen molar-refractivity contribution in [2.24, 2.45) is 0 Å². The molecule has 2 amide bonds. The molecule has 0 saturated carbocycles. The Bertz CT molecular complexity index is 1330. The van der Waals surface area contributed by atoms with Gasteiger partial charge in [-0.05, 0) is 79.1 Å². The van der Waals surface area contributed by atoms with Crippen molar-refractivity contribution in [2.45, 2.75) is 46.2 Å². The first kappa shape index (κ1) is 25.2. The smallest absolute Gasteiger partial charge is 0.251 e. The molecule has 0 aromatic heterocycles. The van der Waals surface area contributed by atoms with Gasteiger partial charge in [-0.25, -0.2) is 13.2 Å². The van der Waals surface area contributed by atoms with Crippen LogP contribution >= 0.6 is 22.6 Å². The van der Waals surface area contributed by atoms with Gasteiger partial charge in [-0.2, -0.15) is 0 Å². The molecule has 1 aliphatic heterocycles. The van der Waals surface area contributed by atoms with Crippen LogP contribution in [0.4, 0.5) is 18.9 Å². The molecule has 1 N–H and O–H groups in total. The number of nitrogens with one attached hydrogen (secondary N) is 1. The minimum absolute atomic E-state index is 0.0684. The molecule has 1 aliphatic rings. The Morgan fingerprint density at radius 3 is 2.20 bits per heavy atom. The van der Waals surface area contributed by atoms with Gasteiger partial charge >= 0.3 is 0 Å². The molecular weight excluding hydrogens is 568 g/mol. The molecular formula is C27H24F3IN2O2. The van der Waals surface area contributed by atoms with E-state index in [0.717, 1.165) is 25.8 Å². The first-order chi connectivity index (χ1) is 16.4. The number of anilines is 1. The van der Waals surface area contributed by atoms with Crippen molar-refractivity contribution in [3.8, 4) is 0 Å². The maximum absolute atomic E-state index is 14.0. The highest BCUT2D eigenvalue weighted by Crippen LogP contribution is 2.45. The Morgan fingerprint density at radius 1 is 1.00 bits per heavy atom. The number of carbonyl (C=O) groups is 2. The summed E-state index contributed by atoms with van der Waals surface area (Å²) in [5, 5.41) is 2.50. The Labute approximate surface area is 215 Å². The summed E-state index contributed by atoms with van der Waals surface area (Å²) in [5.74, 6) is -3.80. The molecule has 3 aromatic rings. The molecule has 4 rings (SSSR count). The van der Waals surface area contributed by atoms with Crippen molar-refractivity contribution in [3.05, 3.63) is 96.9 Å². The standard InChI is InChI=1S/C27H24F3IN2O2/c1-14-6-5-7-15(2)19(14)13-33-23-9-16(8-22(31)24(23)27(3,4)26(33)35)25(34)32-12-18-20(29)10-17(28)11-21(18)30/h5-11H,12-13H2,1-4H3,(H,32,34). The first-order valence-corrected chi connectivity index (χ1v) is 12.1. The monoisotopic (exact) mass is 592 g/mol. The number of nitrogens with zero attached hydrogens (tertiary/aromatic N) is 1. The van der Waals surface area contributed by atoms with Gasteiger partial charge < -0.3 is 10.2 Å². The van der Waals surface area contributed by atoms with Gasteiger partial charge in [0.15, 0.2) is 0 Å². The molecule has 0 aliphatic carbocycles. The lowest BCUT2D eigenvalue weighted by atomic mass is 9.86. The van der Waals surface area contributed by atoms with Crippen LogP contribution in [-0.2, 0) is 23.3 Å². The fourth-order valence-corrected chi connectivity index (χ4v) is 5.82. The number of rotatable bonds is 5. The van der Waals surface area contributed by atoms with E-state index in [9.17, 15) is 22.8 Å². The normalized spacial score (nSPS) is 14.3. The maximum Gasteiger partial charge on any atom is 0.251 e. The van der Waals surface area contributed by atoms with E-state index in [-0.39, 0.29) is 11.5 Å². The molecule has 0 spiro atoms. The van der Waals surface area contributed by atoms with Crippen molar-refractivity contribution < 1.29 is 22.8 Å². The zero-order valence-corrected chi connectivity index (χ0v) is 21.9. The predicted molar refractivity (Wildman–Crippen MR) is 137 cm³/mol. The number of hydrogen-bond acceptors (Lipinski definition) is 2. The largest absolute Gasteiger partial charge is 0.348 e. The van der Waals surface area contributed by atoms with Crippen LogP contribution < -0.4 is 10.2 Å². The molecule has 4 nitrogen and oxygen atoms in total. The Balaban J connectivity index is 1.68. The average Bonchev–Trinajstić information content (AvgIpc) is 2.95. The second-order valence-corrected chi connectivity index (χ2v) is 10.4. The second-order valence-electron chi connectivity index (χ2n) is 9.27. The molecule has 1 heterocycles. The van der Waals surface area contributed by atoms with Crippen LogP contribution in [0.3, 0.4) is 0 Å². The molecule has 0 bridgehead atoms. The van der Waals surface area contributed by atoms with Crippen LogP contribution in [0.15, 0.2) is 42.5 Å². The molecule has 3 aromatic carbocycles. The van der Waals surface area contributed by atoms with Crippen LogP contribution in [0.5, 0.6) is 0 Å². The third-order valence-electron chi connectivity index (χ3n) is 6.52. The van der Waals surface area contributed by atoms with Gasteiger partial charge in [-0.15, -0.1) is 0 Å². The highest BCUT2D eigenvalue weighted by Gasteiger charge is 2.45. The number of amides is 2. The van der Waals surface area contributed by atoms with Crippen molar-refractivity contribution >= 4 is 40.1 Å². The number of halogens is 4. The SMILES string of the molecule is Cc1cccc(C)c1CN1C(=O)C(C)(C)c2c(I)cc(C(=O)NCc3c(F)cc(F)cc3F)cc21. The van der Waals surface area contributed by atoms with E-state index in [0.29, 0.717) is 24.4 Å². The van der Waals surface area contributed by atoms with E-state index in [1.807, 2.05) is 45.9 Å². The Hall–Kier alpha value is -2.88. The highest BCUT2D eigenvalue weighted by atomic mass is 127. The lowest BCUT2D eigenvalue weighted by Crippen LogP contribution is -2.36. The Morgan fingerprint density at radius 2 is 1.60 bits per heavy atom. The zero-order valence-electron chi connectivity index (χ0n) is 19.7. The topological polar surface area (TPSA) is 49.4 Å². The first-order valence-electron chi connectivity index (χ1n) is 11.0. The molecule has 35 heavy (non-hydrogen) atoms. The number of benzene rings is 3. The van der Waals surface area contributed by atoms with Gasteiger partial charge in [0.25, 0.3) is 5.91 Å². The van der Waals surface area contributed by atoms with Gasteiger partial charge in [0, 0.05) is 38.9 Å². The highest BCUT2D eigenvalue weighted by molar-refractivity contribution is 14.1. The van der Waals surface area contributed by atoms with E-state index < -0.39 is 40.9 Å². The number of carbonyl (C=O) groups excluding carboxylic acids is 2. The molecule has 182 valence electrons. The van der Waals surface area contributed by atoms with Gasteiger partial charge in [0.1, 0.15) is 17.5 Å². The van der Waals surface area contributed by atoms with E-state index in [2.05, 4.69) is 27.9 Å². The zero-order chi connectivity index (χ0) is 25.7. The summed E-state index contributed by atoms with van der Waals surface area (Å²) in [6, 6.07) is 10.4. The number of aryl methyl sites for hydroxylation is 2. The van der Waals surface area contributed by atoms with E-state index in [1.165, 1.54) is 0 Å². The van der Waals surface area contributed by atoms with Crippen molar-refractivity contribution in [1.29, 1.82) is 0 Å². The second kappa shape index (κ2) is 9.29. The summed E-state index contributed by atoms with van der Waals surface area (Å²) in [7, 11) is 0. The quantitative estimate of drug-likeness (QED) is 0.366. The fraction of sp³-hybridized carbons (Fsp3) is 0.259. The summed E-state index contributed by atoms with van der Waals surface area (Å²) in [6.07, 6.45) is 0. The van der Waals surface area contributed by atoms with Gasteiger partial charge in [-0.1, -0.05) is 18.2 Å². The number of fused-ring (bicyclic) bond motifs is 1. The minimum atomic E-state index is -1.07. The fourth-order valence-electron chi connectivity index (χ4n) is 4.53. The molecule has 0 saturated heterocycles. The summed E-state index contributed by atoms with van der Waals surface area (Å²) in [6.45, 7) is 7.64. The number of hydrogen-bond donors (Lipinski definition) is 1. The van der Waals surface area contributed by atoms with E-state index in [1.54, 1.807) is 17.0 Å². The van der Waals surface area contributed by atoms with E-state index in [4.69, 9.17) is 0 Å². The van der Waals surface area contributed by atoms with Crippen LogP contribution in [0.25, 0.3) is 0 Å². The van der Waals surface area contributed by atoms with Crippen molar-refractivity contribution in [2.75, 3.05) is 4.90 Å². The van der Waals surface area contributed by atoms with Crippen LogP contribution in [0.2, 0.25) is 0 Å². The van der Waals surface area contributed by atoms with Crippen LogP contribution in [0.1, 0.15) is 52.0 Å². The minimum Gasteiger partial charge on any atom is -0.348 e. The van der Waals surface area contributed by atoms with Crippen LogP contribution in [-0.4, -0.2) is 11.8 Å². The molecule has 0 atom stereocenters. The summed E-state index contributed by atoms with van der Waals surface area (Å²) >= 11 is 2.11. The van der Waals surface area contributed by atoms with Gasteiger partial charge in [0.05, 0.1) is 17.6 Å². The lowest BCUT2D eigenvalue weighted by Gasteiger charge is -2.22. The average molecular weight is 592 g/mol. The third-order valence-corrected chi connectivity index (χ3v) is 7.37. The summed E-state index contributed by atoms with van der Waals surface area (Å²) < 4.78 is 41.9. The lowest BCUT2D eigenvalue weighted by molar-refractivity contribution is -0.122. The third kappa shape index (κ3) is 4.55. The van der Waals surface area contributed by atoms with Crippen molar-refractivity contribution in [3.63, 3.8) is 0 Å². The van der Waals surface area contributed by atoms with E-state index >= 15 is 0 Å². The van der Waals surface area contributed by atoms with Crippen molar-refractivity contribution in [1.82, 2.24) is 5.32 Å². The molecule has 0 radical (unpaired) electrons. The Kier molecular flexibility index (Phi) is 6.70. The summed E-state index contributed by atoms with van der Waals surface area (Å²) in [5.41, 5.74) is 3.69. The van der Waals surface area contributed by atoms with Crippen LogP contribution in [0, 0.1) is 34.9 Å².